The van der Waals surface area contributed by atoms with E-state index in [0.29, 0.717) is 26.9 Å². The Kier molecular flexibility index (Phi) is 8.34. The van der Waals surface area contributed by atoms with Crippen molar-refractivity contribution < 1.29 is 35.2 Å². The quantitative estimate of drug-likeness (QED) is 0.327. The molecule has 0 unspecified atom stereocenters. The summed E-state index contributed by atoms with van der Waals surface area (Å²) in [6.07, 6.45) is 0.255. The van der Waals surface area contributed by atoms with Gasteiger partial charge in [-0.25, -0.2) is 0 Å². The SMILES string of the molecule is Cc1cc(C)c([C@H]2NC(=O)C[C@@H]([I-]Cc3cccc(Cl)c3)[C@@H]2C(=O)Nc2cccc(Cl)c2)cc1F. The Bertz CT molecular complexity index is 1270. The average molecular weight is 626 g/mol. The Morgan fingerprint density at radius 3 is 2.49 bits per heavy atom. The molecule has 0 aromatic heterocycles. The zero-order valence-electron chi connectivity index (χ0n) is 19.2. The number of rotatable bonds is 6. The van der Waals surface area contributed by atoms with E-state index in [4.69, 9.17) is 23.2 Å². The van der Waals surface area contributed by atoms with Gasteiger partial charge in [0.1, 0.15) is 0 Å². The van der Waals surface area contributed by atoms with Gasteiger partial charge < -0.3 is 0 Å². The third-order valence-corrected chi connectivity index (χ3v) is 10.2. The fourth-order valence-electron chi connectivity index (χ4n) is 4.35. The maximum absolute atomic E-state index is 14.6. The second-order valence-corrected chi connectivity index (χ2v) is 12.8. The first-order valence-corrected chi connectivity index (χ1v) is 14.7. The number of hydrogen-bond donors (Lipinski definition) is 2. The van der Waals surface area contributed by atoms with Gasteiger partial charge in [0, 0.05) is 0 Å². The summed E-state index contributed by atoms with van der Waals surface area (Å²) in [4.78, 5) is 26.5. The third kappa shape index (κ3) is 6.35. The molecule has 35 heavy (non-hydrogen) atoms. The Morgan fingerprint density at radius 2 is 1.77 bits per heavy atom. The van der Waals surface area contributed by atoms with Crippen LogP contribution in [0.4, 0.5) is 10.1 Å². The summed E-state index contributed by atoms with van der Waals surface area (Å²) in [7, 11) is 0. The van der Waals surface area contributed by atoms with Gasteiger partial charge in [0.25, 0.3) is 0 Å². The number of hydrogen-bond acceptors (Lipinski definition) is 2. The molecule has 3 atom stereocenters. The van der Waals surface area contributed by atoms with Gasteiger partial charge in [-0.05, 0) is 0 Å². The van der Waals surface area contributed by atoms with Gasteiger partial charge in [-0.2, -0.15) is 0 Å². The van der Waals surface area contributed by atoms with Gasteiger partial charge in [-0.15, -0.1) is 0 Å². The van der Waals surface area contributed by atoms with Crippen LogP contribution in [0.15, 0.2) is 60.7 Å². The van der Waals surface area contributed by atoms with Gasteiger partial charge >= 0.3 is 226 Å². The van der Waals surface area contributed by atoms with E-state index in [0.717, 1.165) is 15.6 Å². The van der Waals surface area contributed by atoms with E-state index in [1.54, 1.807) is 37.3 Å². The Balaban J connectivity index is 1.69. The molecule has 1 heterocycles. The number of halogens is 4. The molecule has 0 saturated carbocycles. The van der Waals surface area contributed by atoms with E-state index in [1.165, 1.54) is 6.07 Å². The van der Waals surface area contributed by atoms with Crippen molar-refractivity contribution in [3.8, 4) is 0 Å². The van der Waals surface area contributed by atoms with Crippen LogP contribution in [0.3, 0.4) is 0 Å². The van der Waals surface area contributed by atoms with E-state index >= 15 is 0 Å². The standard InChI is InChI=1S/C27H25Cl2FIN2O2/c1-15-9-16(2)22(30)12-21(15)26-25(27(35)32-20-8-4-7-19(29)11-20)23(13-24(34)33-26)31-14-17-5-3-6-18(28)10-17/h3-12,23,25-26H,13-14H2,1-2H3,(H,32,35)(H,33,34)/q-1/t23-,25+,26-/m1/s1. The van der Waals surface area contributed by atoms with Crippen LogP contribution >= 0.6 is 23.2 Å². The van der Waals surface area contributed by atoms with Crippen LogP contribution in [0.25, 0.3) is 0 Å². The average Bonchev–Trinajstić information content (AvgIpc) is 2.79. The second-order valence-electron chi connectivity index (χ2n) is 8.67. The molecule has 4 nitrogen and oxygen atoms in total. The predicted molar refractivity (Wildman–Crippen MR) is 134 cm³/mol. The van der Waals surface area contributed by atoms with Crippen molar-refractivity contribution in [2.24, 2.45) is 5.92 Å². The summed E-state index contributed by atoms with van der Waals surface area (Å²) in [6, 6.07) is 17.2. The van der Waals surface area contributed by atoms with E-state index in [2.05, 4.69) is 10.6 Å². The Morgan fingerprint density at radius 1 is 1.06 bits per heavy atom. The molecule has 1 fully saturated rings. The van der Waals surface area contributed by atoms with Crippen molar-refractivity contribution in [3.63, 3.8) is 0 Å². The molecule has 1 saturated heterocycles. The number of carbonyl (C=O) groups is 2. The van der Waals surface area contributed by atoms with E-state index in [-0.39, 0.29) is 28.0 Å². The molecule has 1 aliphatic heterocycles. The number of benzene rings is 3. The fourth-order valence-corrected chi connectivity index (χ4v) is 8.30. The summed E-state index contributed by atoms with van der Waals surface area (Å²) < 4.78 is 15.2. The van der Waals surface area contributed by atoms with Crippen molar-refractivity contribution in [2.75, 3.05) is 5.32 Å². The van der Waals surface area contributed by atoms with Gasteiger partial charge in [-0.3, -0.25) is 0 Å². The molecule has 0 radical (unpaired) electrons. The number of alkyl halides is 2. The molecule has 4 rings (SSSR count). The molecule has 0 bridgehead atoms. The molecule has 3 aromatic rings. The van der Waals surface area contributed by atoms with Gasteiger partial charge in [0.15, 0.2) is 0 Å². The summed E-state index contributed by atoms with van der Waals surface area (Å²) in [5.41, 5.74) is 3.65. The Labute approximate surface area is 224 Å². The number of anilines is 1. The van der Waals surface area contributed by atoms with Gasteiger partial charge in [-0.1, -0.05) is 0 Å². The first-order chi connectivity index (χ1) is 16.7. The van der Waals surface area contributed by atoms with Crippen LogP contribution in [0.2, 0.25) is 10.0 Å². The zero-order chi connectivity index (χ0) is 25.1. The van der Waals surface area contributed by atoms with Crippen LogP contribution < -0.4 is 31.8 Å². The monoisotopic (exact) mass is 625 g/mol. The van der Waals surface area contributed by atoms with Crippen LogP contribution in [0, 0.1) is 25.6 Å². The maximum atomic E-state index is 14.6. The van der Waals surface area contributed by atoms with Crippen molar-refractivity contribution >= 4 is 40.7 Å². The summed E-state index contributed by atoms with van der Waals surface area (Å²) in [5, 5.41) is 7.14. The third-order valence-electron chi connectivity index (χ3n) is 6.04. The number of amides is 2. The van der Waals surface area contributed by atoms with E-state index in [9.17, 15) is 14.0 Å². The van der Waals surface area contributed by atoms with Crippen molar-refractivity contribution in [2.45, 2.75) is 34.7 Å². The molecule has 0 aliphatic carbocycles. The minimum absolute atomic E-state index is 0.127. The minimum atomic E-state index is -0.630. The number of piperidine rings is 1. The molecular weight excluding hydrogens is 601 g/mol. The number of carbonyl (C=O) groups excluding carboxylic acids is 2. The van der Waals surface area contributed by atoms with Crippen LogP contribution in [0.5, 0.6) is 0 Å². The molecule has 8 heteroatoms. The van der Waals surface area contributed by atoms with Crippen LogP contribution in [-0.2, 0) is 14.0 Å². The molecular formula is C27H25Cl2FIN2O2-. The molecule has 1 aliphatic rings. The molecule has 2 N–H and O–H groups in total. The van der Waals surface area contributed by atoms with E-state index in [1.807, 2.05) is 31.2 Å². The molecule has 3 aromatic carbocycles. The van der Waals surface area contributed by atoms with Crippen molar-refractivity contribution in [3.05, 3.63) is 98.8 Å². The van der Waals surface area contributed by atoms with E-state index < -0.39 is 33.2 Å². The molecule has 184 valence electrons. The Hall–Kier alpha value is -2.16. The first kappa shape index (κ1) is 25.9. The molecule has 2 amide bonds. The summed E-state index contributed by atoms with van der Waals surface area (Å²) in [6.45, 7) is 3.58. The summed E-state index contributed by atoms with van der Waals surface area (Å²) in [5.74, 6) is -1.25. The van der Waals surface area contributed by atoms with Crippen molar-refractivity contribution in [1.29, 1.82) is 0 Å². The van der Waals surface area contributed by atoms with Gasteiger partial charge in [0.2, 0.25) is 0 Å². The topological polar surface area (TPSA) is 58.2 Å². The number of aryl methyl sites for hydroxylation is 2. The second kappa shape index (κ2) is 11.3. The number of nitrogens with one attached hydrogen (secondary N) is 2. The normalized spacial score (nSPS) is 19.9. The first-order valence-electron chi connectivity index (χ1n) is 11.2. The van der Waals surface area contributed by atoms with Crippen LogP contribution in [0.1, 0.15) is 34.7 Å². The summed E-state index contributed by atoms with van der Waals surface area (Å²) >= 11 is 11.7. The van der Waals surface area contributed by atoms with Crippen LogP contribution in [-0.4, -0.2) is 15.7 Å². The molecule has 0 spiro atoms. The zero-order valence-corrected chi connectivity index (χ0v) is 22.9. The predicted octanol–water partition coefficient (Wildman–Crippen LogP) is 3.22. The van der Waals surface area contributed by atoms with Gasteiger partial charge in [0.05, 0.1) is 0 Å². The fraction of sp³-hybridized carbons (Fsp3) is 0.259. The van der Waals surface area contributed by atoms with Crippen molar-refractivity contribution in [1.82, 2.24) is 5.32 Å².